The van der Waals surface area contributed by atoms with Crippen molar-refractivity contribution in [2.75, 3.05) is 13.2 Å². The van der Waals surface area contributed by atoms with Gasteiger partial charge >= 0.3 is 5.97 Å². The van der Waals surface area contributed by atoms with E-state index >= 15 is 0 Å². The van der Waals surface area contributed by atoms with Crippen molar-refractivity contribution in [1.29, 1.82) is 0 Å². The van der Waals surface area contributed by atoms with Crippen LogP contribution in [0.5, 0.6) is 0 Å². The van der Waals surface area contributed by atoms with Crippen molar-refractivity contribution >= 4 is 29.3 Å². The maximum absolute atomic E-state index is 13.4. The number of esters is 1. The molecule has 130 valence electrons. The summed E-state index contributed by atoms with van der Waals surface area (Å²) in [6.07, 6.45) is -0.107. The summed E-state index contributed by atoms with van der Waals surface area (Å²) in [5.74, 6) is -2.32. The Balaban J connectivity index is 1.72. The highest BCUT2D eigenvalue weighted by Crippen LogP contribution is 2.09. The van der Waals surface area contributed by atoms with Gasteiger partial charge in [-0.2, -0.15) is 0 Å². The zero-order chi connectivity index (χ0) is 18.2. The third-order valence-electron chi connectivity index (χ3n) is 3.26. The second-order valence-corrected chi connectivity index (χ2v) is 5.51. The van der Waals surface area contributed by atoms with Crippen LogP contribution in [0.1, 0.15) is 27.1 Å². The van der Waals surface area contributed by atoms with Gasteiger partial charge in [-0.1, -0.05) is 23.7 Å². The lowest BCUT2D eigenvalue weighted by Gasteiger charge is -2.07. The SMILES string of the molecule is O=C(CCNC(=O)c1ccc(Cl)cc1)OCC(=O)c1ccccc1F. The fraction of sp³-hybridized carbons (Fsp3) is 0.167. The van der Waals surface area contributed by atoms with Crippen molar-refractivity contribution in [2.45, 2.75) is 6.42 Å². The predicted octanol–water partition coefficient (Wildman–Crippen LogP) is 3.03. The van der Waals surface area contributed by atoms with Crippen LogP contribution in [0.2, 0.25) is 5.02 Å². The van der Waals surface area contributed by atoms with Crippen LogP contribution in [0.3, 0.4) is 0 Å². The Kier molecular flexibility index (Phi) is 6.65. The first-order chi connectivity index (χ1) is 12.0. The third kappa shape index (κ3) is 5.69. The topological polar surface area (TPSA) is 72.5 Å². The fourth-order valence-corrected chi connectivity index (χ4v) is 2.09. The van der Waals surface area contributed by atoms with E-state index in [-0.39, 0.29) is 24.4 Å². The molecule has 0 unspecified atom stereocenters. The zero-order valence-corrected chi connectivity index (χ0v) is 13.9. The first-order valence-electron chi connectivity index (χ1n) is 7.44. The lowest BCUT2D eigenvalue weighted by atomic mass is 10.1. The van der Waals surface area contributed by atoms with Crippen molar-refractivity contribution in [3.8, 4) is 0 Å². The molecule has 0 aliphatic heterocycles. The molecule has 5 nitrogen and oxygen atoms in total. The van der Waals surface area contributed by atoms with E-state index in [1.807, 2.05) is 0 Å². The number of ketones is 1. The number of carbonyl (C=O) groups excluding carboxylic acids is 3. The summed E-state index contributed by atoms with van der Waals surface area (Å²) >= 11 is 5.73. The molecular formula is C18H15ClFNO4. The minimum atomic E-state index is -0.668. The van der Waals surface area contributed by atoms with Crippen molar-refractivity contribution in [2.24, 2.45) is 0 Å². The van der Waals surface area contributed by atoms with E-state index in [9.17, 15) is 18.8 Å². The summed E-state index contributed by atoms with van der Waals surface area (Å²) < 4.78 is 18.2. The third-order valence-corrected chi connectivity index (χ3v) is 3.51. The molecule has 0 radical (unpaired) electrons. The average Bonchev–Trinajstić information content (AvgIpc) is 2.60. The van der Waals surface area contributed by atoms with Gasteiger partial charge in [-0.25, -0.2) is 4.39 Å². The van der Waals surface area contributed by atoms with Crippen molar-refractivity contribution < 1.29 is 23.5 Å². The van der Waals surface area contributed by atoms with Crippen LogP contribution in [0.15, 0.2) is 48.5 Å². The van der Waals surface area contributed by atoms with Gasteiger partial charge in [-0.3, -0.25) is 14.4 Å². The smallest absolute Gasteiger partial charge is 0.308 e. The molecule has 7 heteroatoms. The van der Waals surface area contributed by atoms with E-state index in [1.165, 1.54) is 18.2 Å². The molecule has 0 saturated heterocycles. The normalized spacial score (nSPS) is 10.2. The van der Waals surface area contributed by atoms with Crippen molar-refractivity contribution in [1.82, 2.24) is 5.32 Å². The minimum absolute atomic E-state index is 0.0498. The largest absolute Gasteiger partial charge is 0.457 e. The quantitative estimate of drug-likeness (QED) is 0.606. The Bertz CT molecular complexity index is 777. The number of rotatable bonds is 7. The molecule has 1 amide bonds. The zero-order valence-electron chi connectivity index (χ0n) is 13.1. The molecule has 2 rings (SSSR count). The number of hydrogen-bond acceptors (Lipinski definition) is 4. The Morgan fingerprint density at radius 1 is 1.04 bits per heavy atom. The molecular weight excluding hydrogens is 349 g/mol. The Labute approximate surface area is 148 Å². The number of ether oxygens (including phenoxy) is 1. The van der Waals surface area contributed by atoms with E-state index in [4.69, 9.17) is 16.3 Å². The number of nitrogens with one attached hydrogen (secondary N) is 1. The second kappa shape index (κ2) is 8.94. The number of halogens is 2. The fourth-order valence-electron chi connectivity index (χ4n) is 1.96. The van der Waals surface area contributed by atoms with Gasteiger partial charge in [0.25, 0.3) is 5.91 Å². The molecule has 0 fully saturated rings. The monoisotopic (exact) mass is 363 g/mol. The summed E-state index contributed by atoms with van der Waals surface area (Å²) in [5.41, 5.74) is 0.277. The van der Waals surface area contributed by atoms with Gasteiger partial charge in [0.15, 0.2) is 6.61 Å². The van der Waals surface area contributed by atoms with Crippen LogP contribution in [-0.4, -0.2) is 30.8 Å². The number of carbonyl (C=O) groups is 3. The first kappa shape index (κ1) is 18.6. The number of amides is 1. The van der Waals surface area contributed by atoms with E-state index in [2.05, 4.69) is 5.32 Å². The number of hydrogen-bond donors (Lipinski definition) is 1. The van der Waals surface area contributed by atoms with Gasteiger partial charge < -0.3 is 10.1 Å². The summed E-state index contributed by atoms with van der Waals surface area (Å²) in [7, 11) is 0. The highest BCUT2D eigenvalue weighted by Gasteiger charge is 2.14. The molecule has 0 spiro atoms. The summed E-state index contributed by atoms with van der Waals surface area (Å²) in [6.45, 7) is -0.501. The molecule has 0 aliphatic rings. The van der Waals surface area contributed by atoms with Gasteiger partial charge in [0, 0.05) is 17.1 Å². The van der Waals surface area contributed by atoms with Crippen LogP contribution >= 0.6 is 11.6 Å². The summed E-state index contributed by atoms with van der Waals surface area (Å²) in [5, 5.41) is 3.06. The molecule has 0 aromatic heterocycles. The van der Waals surface area contributed by atoms with Gasteiger partial charge in [0.1, 0.15) is 5.82 Å². The van der Waals surface area contributed by atoms with Crippen LogP contribution in [0.4, 0.5) is 4.39 Å². The molecule has 0 atom stereocenters. The second-order valence-electron chi connectivity index (χ2n) is 5.08. The molecule has 2 aromatic rings. The number of Topliss-reactive ketones (excluding diaryl/α,β-unsaturated/α-hetero) is 1. The molecule has 0 saturated carbocycles. The van der Waals surface area contributed by atoms with Gasteiger partial charge in [0.2, 0.25) is 5.78 Å². The molecule has 1 N–H and O–H groups in total. The lowest BCUT2D eigenvalue weighted by Crippen LogP contribution is -2.27. The van der Waals surface area contributed by atoms with E-state index in [1.54, 1.807) is 24.3 Å². The van der Waals surface area contributed by atoms with Crippen LogP contribution < -0.4 is 5.32 Å². The van der Waals surface area contributed by atoms with Gasteiger partial charge in [0.05, 0.1) is 12.0 Å². The maximum atomic E-state index is 13.4. The summed E-state index contributed by atoms with van der Waals surface area (Å²) in [4.78, 5) is 35.2. The van der Waals surface area contributed by atoms with Gasteiger partial charge in [-0.05, 0) is 36.4 Å². The van der Waals surface area contributed by atoms with Crippen LogP contribution in [0, 0.1) is 5.82 Å². The standard InChI is InChI=1S/C18H15ClFNO4/c19-13-7-5-12(6-8-13)18(24)21-10-9-17(23)25-11-16(22)14-3-1-2-4-15(14)20/h1-8H,9-11H2,(H,21,24). The predicted molar refractivity (Wildman–Crippen MR) is 90.1 cm³/mol. The van der Waals surface area contributed by atoms with Crippen LogP contribution in [0.25, 0.3) is 0 Å². The Morgan fingerprint density at radius 3 is 2.40 bits per heavy atom. The van der Waals surface area contributed by atoms with E-state index < -0.39 is 24.2 Å². The lowest BCUT2D eigenvalue weighted by molar-refractivity contribution is -0.142. The average molecular weight is 364 g/mol. The van der Waals surface area contributed by atoms with E-state index in [0.717, 1.165) is 6.07 Å². The number of benzene rings is 2. The van der Waals surface area contributed by atoms with Crippen molar-refractivity contribution in [3.63, 3.8) is 0 Å². The highest BCUT2D eigenvalue weighted by molar-refractivity contribution is 6.30. The van der Waals surface area contributed by atoms with E-state index in [0.29, 0.717) is 10.6 Å². The molecule has 2 aromatic carbocycles. The van der Waals surface area contributed by atoms with Crippen LogP contribution in [-0.2, 0) is 9.53 Å². The van der Waals surface area contributed by atoms with Crippen molar-refractivity contribution in [3.05, 3.63) is 70.5 Å². The van der Waals surface area contributed by atoms with Gasteiger partial charge in [-0.15, -0.1) is 0 Å². The summed E-state index contributed by atoms with van der Waals surface area (Å²) in [6, 6.07) is 11.7. The molecule has 0 aliphatic carbocycles. The molecule has 0 heterocycles. The highest BCUT2D eigenvalue weighted by atomic mass is 35.5. The first-order valence-corrected chi connectivity index (χ1v) is 7.82. The Hall–Kier alpha value is -2.73. The Morgan fingerprint density at radius 2 is 1.72 bits per heavy atom. The minimum Gasteiger partial charge on any atom is -0.457 e. The molecule has 25 heavy (non-hydrogen) atoms. The molecule has 0 bridgehead atoms. The maximum Gasteiger partial charge on any atom is 0.308 e.